The number of benzene rings is 1. The van der Waals surface area contributed by atoms with Crippen LogP contribution in [0.1, 0.15) is 38.2 Å². The lowest BCUT2D eigenvalue weighted by Crippen LogP contribution is -2.09. The maximum Gasteiger partial charge on any atom is 0.306 e. The Morgan fingerprint density at radius 2 is 1.87 bits per heavy atom. The lowest BCUT2D eigenvalue weighted by Gasteiger charge is -2.06. The zero-order valence-electron chi connectivity index (χ0n) is 12.7. The monoisotopic (exact) mass is 327 g/mol. The normalized spacial score (nSPS) is 10.2. The van der Waals surface area contributed by atoms with Crippen LogP contribution in [0.5, 0.6) is 0 Å². The van der Waals surface area contributed by atoms with Crippen LogP contribution < -0.4 is 0 Å². The summed E-state index contributed by atoms with van der Waals surface area (Å²) < 4.78 is 23.2. The Labute approximate surface area is 132 Å². The van der Waals surface area contributed by atoms with Gasteiger partial charge in [-0.3, -0.25) is 19.7 Å². The summed E-state index contributed by atoms with van der Waals surface area (Å²) in [5.41, 5.74) is -0.356. The number of nitrogens with zero attached hydrogens (tertiary/aromatic N) is 1. The Balaban J connectivity index is 2.37. The molecule has 0 heterocycles. The molecule has 1 aromatic carbocycles. The Morgan fingerprint density at radius 3 is 2.48 bits per heavy atom. The van der Waals surface area contributed by atoms with Crippen molar-refractivity contribution in [3.05, 3.63) is 39.7 Å². The summed E-state index contributed by atoms with van der Waals surface area (Å²) in [6.45, 7) is 1.82. The highest BCUT2D eigenvalue weighted by molar-refractivity contribution is 5.72. The maximum atomic E-state index is 13.5. The van der Waals surface area contributed by atoms with Gasteiger partial charge in [0.2, 0.25) is 0 Å². The van der Waals surface area contributed by atoms with E-state index in [9.17, 15) is 24.1 Å². The lowest BCUT2D eigenvalue weighted by molar-refractivity contribution is -0.385. The van der Waals surface area contributed by atoms with Gasteiger partial charge in [-0.15, -0.1) is 0 Å². The largest absolute Gasteiger partial charge is 0.466 e. The quantitative estimate of drug-likeness (QED) is 0.393. The van der Waals surface area contributed by atoms with Gasteiger partial charge < -0.3 is 9.47 Å². The van der Waals surface area contributed by atoms with Gasteiger partial charge in [-0.25, -0.2) is 4.39 Å². The zero-order chi connectivity index (χ0) is 17.2. The second kappa shape index (κ2) is 9.50. The third-order valence-corrected chi connectivity index (χ3v) is 2.86. The average Bonchev–Trinajstić information content (AvgIpc) is 2.51. The Kier molecular flexibility index (Phi) is 7.65. The van der Waals surface area contributed by atoms with E-state index in [0.29, 0.717) is 6.61 Å². The molecule has 0 aliphatic carbocycles. The third kappa shape index (κ3) is 6.86. The number of hydrogen-bond donors (Lipinski definition) is 0. The molecule has 0 spiro atoms. The molecule has 0 radical (unpaired) electrons. The molecule has 0 saturated heterocycles. The van der Waals surface area contributed by atoms with E-state index < -0.39 is 23.3 Å². The van der Waals surface area contributed by atoms with Crippen molar-refractivity contribution in [1.29, 1.82) is 0 Å². The van der Waals surface area contributed by atoms with Crippen molar-refractivity contribution in [2.75, 3.05) is 6.61 Å². The van der Waals surface area contributed by atoms with E-state index in [-0.39, 0.29) is 36.5 Å². The standard InChI is InChI=1S/C15H18FNO6/c1-2-8-22-14(18)4-3-5-15(19)23-10-11-9-12(17(20)21)6-7-13(11)16/h6-7,9H,2-5,8,10H2,1H3. The molecule has 0 N–H and O–H groups in total. The van der Waals surface area contributed by atoms with E-state index in [0.717, 1.165) is 24.6 Å². The molecule has 7 nitrogen and oxygen atoms in total. The molecule has 0 amide bonds. The molecule has 0 aliphatic heterocycles. The molecule has 0 fully saturated rings. The summed E-state index contributed by atoms with van der Waals surface area (Å²) in [7, 11) is 0. The summed E-state index contributed by atoms with van der Waals surface area (Å²) in [6.07, 6.45) is 1.07. The topological polar surface area (TPSA) is 95.7 Å². The Bertz CT molecular complexity index is 575. The molecule has 0 unspecified atom stereocenters. The number of carbonyl (C=O) groups excluding carboxylic acids is 2. The number of non-ortho nitro benzene ring substituents is 1. The first kappa shape index (κ1) is 18.5. The predicted octanol–water partition coefficient (Wildman–Crippen LogP) is 2.90. The van der Waals surface area contributed by atoms with Crippen LogP contribution in [0.3, 0.4) is 0 Å². The van der Waals surface area contributed by atoms with Crippen molar-refractivity contribution in [2.24, 2.45) is 0 Å². The molecule has 0 saturated carbocycles. The van der Waals surface area contributed by atoms with E-state index >= 15 is 0 Å². The van der Waals surface area contributed by atoms with Gasteiger partial charge in [-0.1, -0.05) is 6.92 Å². The minimum Gasteiger partial charge on any atom is -0.466 e. The fraction of sp³-hybridized carbons (Fsp3) is 0.467. The van der Waals surface area contributed by atoms with Crippen molar-refractivity contribution >= 4 is 17.6 Å². The van der Waals surface area contributed by atoms with Gasteiger partial charge in [0.25, 0.3) is 5.69 Å². The summed E-state index contributed by atoms with van der Waals surface area (Å²) in [4.78, 5) is 32.7. The first-order valence-corrected chi connectivity index (χ1v) is 7.18. The average molecular weight is 327 g/mol. The van der Waals surface area contributed by atoms with Crippen molar-refractivity contribution in [2.45, 2.75) is 39.2 Å². The van der Waals surface area contributed by atoms with E-state index in [4.69, 9.17) is 9.47 Å². The molecule has 8 heteroatoms. The first-order valence-electron chi connectivity index (χ1n) is 7.18. The van der Waals surface area contributed by atoms with Crippen LogP contribution in [-0.2, 0) is 25.7 Å². The van der Waals surface area contributed by atoms with Gasteiger partial charge in [-0.05, 0) is 18.9 Å². The molecular weight excluding hydrogens is 309 g/mol. The molecule has 0 aliphatic rings. The number of nitro benzene ring substituents is 1. The molecule has 1 aromatic rings. The molecule has 0 bridgehead atoms. The van der Waals surface area contributed by atoms with Crippen molar-refractivity contribution < 1.29 is 28.4 Å². The molecular formula is C15H18FNO6. The second-order valence-electron chi connectivity index (χ2n) is 4.77. The minimum absolute atomic E-state index is 0.0161. The summed E-state index contributed by atoms with van der Waals surface area (Å²) in [5, 5.41) is 10.6. The third-order valence-electron chi connectivity index (χ3n) is 2.86. The van der Waals surface area contributed by atoms with Gasteiger partial charge in [0.1, 0.15) is 12.4 Å². The zero-order valence-corrected chi connectivity index (χ0v) is 12.7. The summed E-state index contributed by atoms with van der Waals surface area (Å²) >= 11 is 0. The lowest BCUT2D eigenvalue weighted by atomic mass is 10.2. The first-order chi connectivity index (χ1) is 10.9. The van der Waals surface area contributed by atoms with E-state index in [1.54, 1.807) is 0 Å². The number of ether oxygens (including phenoxy) is 2. The maximum absolute atomic E-state index is 13.5. The van der Waals surface area contributed by atoms with Crippen molar-refractivity contribution in [3.63, 3.8) is 0 Å². The number of carbonyl (C=O) groups is 2. The van der Waals surface area contributed by atoms with Gasteiger partial charge in [-0.2, -0.15) is 0 Å². The molecule has 1 rings (SSSR count). The van der Waals surface area contributed by atoms with Crippen LogP contribution in [0.15, 0.2) is 18.2 Å². The Morgan fingerprint density at radius 1 is 1.22 bits per heavy atom. The van der Waals surface area contributed by atoms with Crippen LogP contribution >= 0.6 is 0 Å². The van der Waals surface area contributed by atoms with Gasteiger partial charge in [0.05, 0.1) is 11.5 Å². The smallest absolute Gasteiger partial charge is 0.306 e. The number of rotatable bonds is 9. The Hall–Kier alpha value is -2.51. The van der Waals surface area contributed by atoms with Crippen LogP contribution in [0, 0.1) is 15.9 Å². The fourth-order valence-electron chi connectivity index (χ4n) is 1.68. The number of hydrogen-bond acceptors (Lipinski definition) is 6. The highest BCUT2D eigenvalue weighted by atomic mass is 19.1. The fourth-order valence-corrected chi connectivity index (χ4v) is 1.68. The number of halogens is 1. The van der Waals surface area contributed by atoms with Crippen LogP contribution in [0.2, 0.25) is 0 Å². The summed E-state index contributed by atoms with van der Waals surface area (Å²) in [5.74, 6) is -1.69. The van der Waals surface area contributed by atoms with Crippen molar-refractivity contribution in [1.82, 2.24) is 0 Å². The van der Waals surface area contributed by atoms with Gasteiger partial charge >= 0.3 is 11.9 Å². The van der Waals surface area contributed by atoms with Crippen molar-refractivity contribution in [3.8, 4) is 0 Å². The van der Waals surface area contributed by atoms with Gasteiger partial charge in [0, 0.05) is 30.5 Å². The summed E-state index contributed by atoms with van der Waals surface area (Å²) in [6, 6.07) is 3.00. The molecule has 0 aromatic heterocycles. The van der Waals surface area contributed by atoms with E-state index in [2.05, 4.69) is 0 Å². The van der Waals surface area contributed by atoms with E-state index in [1.807, 2.05) is 6.92 Å². The minimum atomic E-state index is -0.688. The second-order valence-corrected chi connectivity index (χ2v) is 4.77. The molecule has 0 atom stereocenters. The van der Waals surface area contributed by atoms with Crippen LogP contribution in [0.4, 0.5) is 10.1 Å². The van der Waals surface area contributed by atoms with Crippen LogP contribution in [0.25, 0.3) is 0 Å². The molecule has 126 valence electrons. The molecule has 23 heavy (non-hydrogen) atoms. The highest BCUT2D eigenvalue weighted by Crippen LogP contribution is 2.17. The predicted molar refractivity (Wildman–Crippen MR) is 78.0 cm³/mol. The van der Waals surface area contributed by atoms with Gasteiger partial charge in [0.15, 0.2) is 0 Å². The number of nitro groups is 1. The van der Waals surface area contributed by atoms with Crippen LogP contribution in [-0.4, -0.2) is 23.5 Å². The highest BCUT2D eigenvalue weighted by Gasteiger charge is 2.13. The SMILES string of the molecule is CCCOC(=O)CCCC(=O)OCc1cc([N+](=O)[O-])ccc1F. The number of esters is 2. The van der Waals surface area contributed by atoms with E-state index in [1.165, 1.54) is 0 Å².